The molecule has 0 heterocycles. The third kappa shape index (κ3) is 4.40. The molecule has 1 aromatic rings. The van der Waals surface area contributed by atoms with Crippen molar-refractivity contribution in [2.45, 2.75) is 12.7 Å². The Morgan fingerprint density at radius 3 is 2.40 bits per heavy atom. The first kappa shape index (κ1) is 16.3. The number of methoxy groups -OCH3 is 4. The van der Waals surface area contributed by atoms with Gasteiger partial charge in [-0.05, 0) is 6.07 Å². The Morgan fingerprint density at radius 1 is 1.15 bits per heavy atom. The molecule has 1 aromatic carbocycles. The number of nitrogens with one attached hydrogen (secondary N) is 1. The van der Waals surface area contributed by atoms with E-state index in [1.807, 2.05) is 12.1 Å². The first-order valence-electron chi connectivity index (χ1n) is 6.18. The lowest BCUT2D eigenvalue weighted by Crippen LogP contribution is -2.35. The molecule has 0 aliphatic heterocycles. The number of amides is 1. The number of hydrogen-bond donors (Lipinski definition) is 1. The highest BCUT2D eigenvalue weighted by molar-refractivity contribution is 5.79. The van der Waals surface area contributed by atoms with Gasteiger partial charge in [-0.1, -0.05) is 12.1 Å². The van der Waals surface area contributed by atoms with Crippen LogP contribution in [0.25, 0.3) is 0 Å². The van der Waals surface area contributed by atoms with Crippen molar-refractivity contribution in [1.29, 1.82) is 0 Å². The molecule has 0 unspecified atom stereocenters. The van der Waals surface area contributed by atoms with E-state index in [0.717, 1.165) is 5.56 Å². The molecule has 0 aliphatic rings. The highest BCUT2D eigenvalue weighted by Gasteiger charge is 2.14. The molecular weight excluding hydrogens is 262 g/mol. The number of carbonyl (C=O) groups is 1. The van der Waals surface area contributed by atoms with Crippen LogP contribution in [0, 0.1) is 0 Å². The number of ether oxygens (including phenoxy) is 4. The fraction of sp³-hybridized carbons (Fsp3) is 0.500. The zero-order valence-corrected chi connectivity index (χ0v) is 12.3. The molecule has 0 aliphatic carbocycles. The van der Waals surface area contributed by atoms with Gasteiger partial charge < -0.3 is 24.3 Å². The smallest absolute Gasteiger partial charge is 0.224 e. The second-order valence-corrected chi connectivity index (χ2v) is 4.03. The van der Waals surface area contributed by atoms with Gasteiger partial charge in [-0.3, -0.25) is 4.79 Å². The van der Waals surface area contributed by atoms with Gasteiger partial charge >= 0.3 is 0 Å². The van der Waals surface area contributed by atoms with Gasteiger partial charge in [-0.25, -0.2) is 0 Å². The number of carbonyl (C=O) groups excluding carboxylic acids is 1. The van der Waals surface area contributed by atoms with Crippen LogP contribution >= 0.6 is 0 Å². The third-order valence-electron chi connectivity index (χ3n) is 2.83. The first-order valence-corrected chi connectivity index (χ1v) is 6.18. The van der Waals surface area contributed by atoms with Crippen LogP contribution in [-0.2, 0) is 20.7 Å². The molecule has 6 heteroatoms. The Balaban J connectivity index is 2.66. The van der Waals surface area contributed by atoms with E-state index in [4.69, 9.17) is 18.9 Å². The molecule has 0 atom stereocenters. The van der Waals surface area contributed by atoms with Crippen molar-refractivity contribution >= 4 is 5.91 Å². The zero-order chi connectivity index (χ0) is 15.0. The normalized spacial score (nSPS) is 10.4. The van der Waals surface area contributed by atoms with Gasteiger partial charge in [0.15, 0.2) is 17.8 Å². The largest absolute Gasteiger partial charge is 0.493 e. The highest BCUT2D eigenvalue weighted by atomic mass is 16.7. The molecule has 0 saturated carbocycles. The van der Waals surface area contributed by atoms with Crippen LogP contribution in [-0.4, -0.2) is 47.2 Å². The average molecular weight is 283 g/mol. The van der Waals surface area contributed by atoms with E-state index in [9.17, 15) is 4.79 Å². The maximum atomic E-state index is 11.9. The summed E-state index contributed by atoms with van der Waals surface area (Å²) in [7, 11) is 6.14. The van der Waals surface area contributed by atoms with E-state index in [2.05, 4.69) is 5.32 Å². The lowest BCUT2D eigenvalue weighted by Gasteiger charge is -2.15. The van der Waals surface area contributed by atoms with E-state index in [-0.39, 0.29) is 18.9 Å². The SMILES string of the molecule is COc1cccc(CC(=O)NCC(OC)OC)c1OC. The van der Waals surface area contributed by atoms with E-state index >= 15 is 0 Å². The summed E-state index contributed by atoms with van der Waals surface area (Å²) in [5.74, 6) is 1.03. The third-order valence-corrected chi connectivity index (χ3v) is 2.83. The lowest BCUT2D eigenvalue weighted by atomic mass is 10.1. The topological polar surface area (TPSA) is 66.0 Å². The maximum Gasteiger partial charge on any atom is 0.224 e. The summed E-state index contributed by atoms with van der Waals surface area (Å²) in [6.07, 6.45) is -0.258. The molecule has 1 rings (SSSR count). The van der Waals surface area contributed by atoms with Gasteiger partial charge in [0.25, 0.3) is 0 Å². The van der Waals surface area contributed by atoms with Crippen molar-refractivity contribution < 1.29 is 23.7 Å². The molecule has 1 N–H and O–H groups in total. The summed E-state index contributed by atoms with van der Waals surface area (Å²) in [5.41, 5.74) is 0.760. The number of hydrogen-bond acceptors (Lipinski definition) is 5. The molecule has 0 radical (unpaired) electrons. The second kappa shape index (κ2) is 8.39. The molecule has 20 heavy (non-hydrogen) atoms. The van der Waals surface area contributed by atoms with Gasteiger partial charge in [-0.15, -0.1) is 0 Å². The number of para-hydroxylation sites is 1. The quantitative estimate of drug-likeness (QED) is 0.720. The summed E-state index contributed by atoms with van der Waals surface area (Å²) in [6, 6.07) is 5.42. The molecule has 0 fully saturated rings. The predicted octanol–water partition coefficient (Wildman–Crippen LogP) is 0.981. The van der Waals surface area contributed by atoms with Gasteiger partial charge in [0, 0.05) is 19.8 Å². The molecule has 0 bridgehead atoms. The van der Waals surface area contributed by atoms with Crippen molar-refractivity contribution in [3.8, 4) is 11.5 Å². The fourth-order valence-corrected chi connectivity index (χ4v) is 1.79. The van der Waals surface area contributed by atoms with Crippen molar-refractivity contribution in [1.82, 2.24) is 5.32 Å². The molecule has 1 amide bonds. The van der Waals surface area contributed by atoms with Crippen molar-refractivity contribution in [2.75, 3.05) is 35.0 Å². The Hall–Kier alpha value is -1.79. The van der Waals surface area contributed by atoms with Crippen molar-refractivity contribution in [2.24, 2.45) is 0 Å². The minimum Gasteiger partial charge on any atom is -0.493 e. The Labute approximate surface area is 119 Å². The summed E-state index contributed by atoms with van der Waals surface area (Å²) >= 11 is 0. The first-order chi connectivity index (χ1) is 9.65. The van der Waals surface area contributed by atoms with Crippen LogP contribution in [0.4, 0.5) is 0 Å². The zero-order valence-electron chi connectivity index (χ0n) is 12.3. The minimum atomic E-state index is -0.453. The summed E-state index contributed by atoms with van der Waals surface area (Å²) in [6.45, 7) is 0.290. The van der Waals surface area contributed by atoms with Crippen LogP contribution in [0.3, 0.4) is 0 Å². The molecular formula is C14H21NO5. The predicted molar refractivity (Wildman–Crippen MR) is 74.1 cm³/mol. The minimum absolute atomic E-state index is 0.143. The second-order valence-electron chi connectivity index (χ2n) is 4.03. The van der Waals surface area contributed by atoms with E-state index < -0.39 is 6.29 Å². The molecule has 6 nitrogen and oxygen atoms in total. The molecule has 0 spiro atoms. The monoisotopic (exact) mass is 283 g/mol. The van der Waals surface area contributed by atoms with E-state index in [1.54, 1.807) is 20.3 Å². The average Bonchev–Trinajstić information content (AvgIpc) is 2.47. The molecule has 112 valence electrons. The Bertz CT molecular complexity index is 432. The summed E-state index contributed by atoms with van der Waals surface area (Å²) < 4.78 is 20.5. The van der Waals surface area contributed by atoms with Gasteiger partial charge in [0.05, 0.1) is 27.2 Å². The van der Waals surface area contributed by atoms with Crippen molar-refractivity contribution in [3.05, 3.63) is 23.8 Å². The Morgan fingerprint density at radius 2 is 1.85 bits per heavy atom. The van der Waals surface area contributed by atoms with Gasteiger partial charge in [-0.2, -0.15) is 0 Å². The highest BCUT2D eigenvalue weighted by Crippen LogP contribution is 2.30. The van der Waals surface area contributed by atoms with Gasteiger partial charge in [0.1, 0.15) is 0 Å². The fourth-order valence-electron chi connectivity index (χ4n) is 1.79. The van der Waals surface area contributed by atoms with Crippen LogP contribution in [0.1, 0.15) is 5.56 Å². The van der Waals surface area contributed by atoms with Crippen molar-refractivity contribution in [3.63, 3.8) is 0 Å². The van der Waals surface area contributed by atoms with E-state index in [0.29, 0.717) is 11.5 Å². The molecule has 0 aromatic heterocycles. The maximum absolute atomic E-state index is 11.9. The van der Waals surface area contributed by atoms with E-state index in [1.165, 1.54) is 14.2 Å². The lowest BCUT2D eigenvalue weighted by molar-refractivity contribution is -0.126. The number of benzene rings is 1. The van der Waals surface area contributed by atoms with Crippen LogP contribution < -0.4 is 14.8 Å². The summed E-state index contributed by atoms with van der Waals surface area (Å²) in [4.78, 5) is 11.9. The molecule has 0 saturated heterocycles. The van der Waals surface area contributed by atoms with Crippen LogP contribution in [0.2, 0.25) is 0 Å². The standard InChI is InChI=1S/C14H21NO5/c1-17-11-7-5-6-10(14(11)20-4)8-12(16)15-9-13(18-2)19-3/h5-7,13H,8-9H2,1-4H3,(H,15,16). The Kier molecular flexibility index (Phi) is 6.83. The summed E-state index contributed by atoms with van der Waals surface area (Å²) in [5, 5.41) is 2.74. The van der Waals surface area contributed by atoms with Crippen LogP contribution in [0.5, 0.6) is 11.5 Å². The van der Waals surface area contributed by atoms with Gasteiger partial charge in [0.2, 0.25) is 5.91 Å². The number of rotatable bonds is 8. The van der Waals surface area contributed by atoms with Crippen LogP contribution in [0.15, 0.2) is 18.2 Å².